The van der Waals surface area contributed by atoms with Gasteiger partial charge in [-0.15, -0.1) is 0 Å². The van der Waals surface area contributed by atoms with Crippen LogP contribution in [0.1, 0.15) is 31.7 Å². The van der Waals surface area contributed by atoms with Gasteiger partial charge in [0.05, 0.1) is 32.3 Å². The molecule has 130 valence electrons. The van der Waals surface area contributed by atoms with Crippen LogP contribution in [0.5, 0.6) is 5.75 Å². The zero-order chi connectivity index (χ0) is 16.9. The SMILES string of the molecule is CC(C)C(Oc1ccc(Br)cc1)c1noc(CC2COCCO2)n1. The van der Waals surface area contributed by atoms with Gasteiger partial charge in [-0.2, -0.15) is 4.98 Å². The van der Waals surface area contributed by atoms with Crippen molar-refractivity contribution in [3.05, 3.63) is 40.5 Å². The molecule has 2 atom stereocenters. The Morgan fingerprint density at radius 2 is 2.04 bits per heavy atom. The van der Waals surface area contributed by atoms with Gasteiger partial charge in [-0.25, -0.2) is 0 Å². The van der Waals surface area contributed by atoms with E-state index in [2.05, 4.69) is 39.9 Å². The number of nitrogens with zero attached hydrogens (tertiary/aromatic N) is 2. The molecule has 2 heterocycles. The molecule has 6 nitrogen and oxygen atoms in total. The van der Waals surface area contributed by atoms with Gasteiger partial charge in [0.2, 0.25) is 11.7 Å². The van der Waals surface area contributed by atoms with Crippen LogP contribution >= 0.6 is 15.9 Å². The summed E-state index contributed by atoms with van der Waals surface area (Å²) < 4.78 is 23.4. The molecule has 0 saturated carbocycles. The molecular weight excluding hydrogens is 376 g/mol. The van der Waals surface area contributed by atoms with Crippen LogP contribution in [-0.4, -0.2) is 36.1 Å². The third-order valence-electron chi connectivity index (χ3n) is 3.71. The van der Waals surface area contributed by atoms with Crippen LogP contribution in [0.15, 0.2) is 33.3 Å². The first-order valence-electron chi connectivity index (χ1n) is 8.06. The summed E-state index contributed by atoms with van der Waals surface area (Å²) in [5, 5.41) is 4.10. The zero-order valence-corrected chi connectivity index (χ0v) is 15.4. The molecule has 1 fully saturated rings. The van der Waals surface area contributed by atoms with Crippen LogP contribution in [0.2, 0.25) is 0 Å². The average molecular weight is 397 g/mol. The summed E-state index contributed by atoms with van der Waals surface area (Å²) >= 11 is 3.42. The molecule has 0 radical (unpaired) electrons. The number of hydrogen-bond donors (Lipinski definition) is 0. The summed E-state index contributed by atoms with van der Waals surface area (Å²) in [5.74, 6) is 2.07. The summed E-state index contributed by atoms with van der Waals surface area (Å²) in [6, 6.07) is 7.70. The lowest BCUT2D eigenvalue weighted by Gasteiger charge is -2.21. The summed E-state index contributed by atoms with van der Waals surface area (Å²) in [6.07, 6.45) is 0.250. The normalized spacial score (nSPS) is 19.4. The number of rotatable bonds is 6. The molecule has 0 bridgehead atoms. The molecule has 7 heteroatoms. The molecule has 0 aliphatic carbocycles. The maximum Gasteiger partial charge on any atom is 0.229 e. The van der Waals surface area contributed by atoms with Crippen molar-refractivity contribution in [2.75, 3.05) is 19.8 Å². The first-order valence-corrected chi connectivity index (χ1v) is 8.85. The van der Waals surface area contributed by atoms with Crippen LogP contribution < -0.4 is 4.74 Å². The van der Waals surface area contributed by atoms with E-state index in [0.717, 1.165) is 10.2 Å². The van der Waals surface area contributed by atoms with Gasteiger partial charge in [0.15, 0.2) is 6.10 Å². The topological polar surface area (TPSA) is 66.6 Å². The molecule has 1 aromatic carbocycles. The Bertz CT molecular complexity index is 638. The lowest BCUT2D eigenvalue weighted by atomic mass is 10.1. The highest BCUT2D eigenvalue weighted by Crippen LogP contribution is 2.27. The highest BCUT2D eigenvalue weighted by Gasteiger charge is 2.25. The van der Waals surface area contributed by atoms with E-state index >= 15 is 0 Å². The van der Waals surface area contributed by atoms with Gasteiger partial charge in [-0.05, 0) is 30.2 Å². The molecule has 0 N–H and O–H groups in total. The zero-order valence-electron chi connectivity index (χ0n) is 13.8. The molecule has 1 aromatic heterocycles. The molecule has 2 aromatic rings. The molecule has 1 aliphatic heterocycles. The van der Waals surface area contributed by atoms with Crippen molar-refractivity contribution in [2.45, 2.75) is 32.5 Å². The minimum absolute atomic E-state index is 0.0306. The number of halogens is 1. The maximum atomic E-state index is 6.06. The van der Waals surface area contributed by atoms with Crippen LogP contribution in [0.3, 0.4) is 0 Å². The lowest BCUT2D eigenvalue weighted by molar-refractivity contribution is -0.0893. The van der Waals surface area contributed by atoms with E-state index in [1.165, 1.54) is 0 Å². The van der Waals surface area contributed by atoms with Gasteiger partial charge >= 0.3 is 0 Å². The van der Waals surface area contributed by atoms with Crippen molar-refractivity contribution >= 4 is 15.9 Å². The summed E-state index contributed by atoms with van der Waals surface area (Å²) in [6.45, 7) is 5.94. The Labute approximate surface area is 149 Å². The second kappa shape index (κ2) is 8.09. The molecule has 3 rings (SSSR count). The van der Waals surface area contributed by atoms with Gasteiger partial charge < -0.3 is 18.7 Å². The smallest absolute Gasteiger partial charge is 0.229 e. The van der Waals surface area contributed by atoms with E-state index in [1.54, 1.807) is 0 Å². The van der Waals surface area contributed by atoms with E-state index in [9.17, 15) is 0 Å². The van der Waals surface area contributed by atoms with Gasteiger partial charge in [0.25, 0.3) is 0 Å². The van der Waals surface area contributed by atoms with E-state index in [4.69, 9.17) is 18.7 Å². The number of ether oxygens (including phenoxy) is 3. The number of aromatic nitrogens is 2. The van der Waals surface area contributed by atoms with E-state index in [0.29, 0.717) is 38.0 Å². The Morgan fingerprint density at radius 1 is 1.25 bits per heavy atom. The maximum absolute atomic E-state index is 6.06. The molecule has 0 spiro atoms. The van der Waals surface area contributed by atoms with Crippen molar-refractivity contribution < 1.29 is 18.7 Å². The van der Waals surface area contributed by atoms with Crippen molar-refractivity contribution in [2.24, 2.45) is 5.92 Å². The fourth-order valence-corrected chi connectivity index (χ4v) is 2.73. The fraction of sp³-hybridized carbons (Fsp3) is 0.529. The van der Waals surface area contributed by atoms with Crippen LogP contribution in [0.4, 0.5) is 0 Å². The van der Waals surface area contributed by atoms with Gasteiger partial charge in [-0.1, -0.05) is 34.9 Å². The highest BCUT2D eigenvalue weighted by molar-refractivity contribution is 9.10. The Morgan fingerprint density at radius 3 is 2.71 bits per heavy atom. The molecule has 1 saturated heterocycles. The van der Waals surface area contributed by atoms with Crippen molar-refractivity contribution in [1.29, 1.82) is 0 Å². The third-order valence-corrected chi connectivity index (χ3v) is 4.24. The van der Waals surface area contributed by atoms with Crippen LogP contribution in [0.25, 0.3) is 0 Å². The van der Waals surface area contributed by atoms with E-state index < -0.39 is 0 Å². The van der Waals surface area contributed by atoms with Crippen molar-refractivity contribution in [3.8, 4) is 5.75 Å². The lowest BCUT2D eigenvalue weighted by Crippen LogP contribution is -2.30. The Kier molecular flexibility index (Phi) is 5.86. The Balaban J connectivity index is 1.68. The third kappa shape index (κ3) is 4.55. The molecular formula is C17H21BrN2O4. The number of hydrogen-bond acceptors (Lipinski definition) is 6. The summed E-state index contributed by atoms with van der Waals surface area (Å²) in [5.41, 5.74) is 0. The molecule has 1 aliphatic rings. The summed E-state index contributed by atoms with van der Waals surface area (Å²) in [7, 11) is 0. The second-order valence-corrected chi connectivity index (χ2v) is 6.97. The fourth-order valence-electron chi connectivity index (χ4n) is 2.46. The predicted octanol–water partition coefficient (Wildman–Crippen LogP) is 3.57. The first kappa shape index (κ1) is 17.4. The molecule has 24 heavy (non-hydrogen) atoms. The minimum Gasteiger partial charge on any atom is -0.482 e. The monoisotopic (exact) mass is 396 g/mol. The largest absolute Gasteiger partial charge is 0.482 e. The quantitative estimate of drug-likeness (QED) is 0.743. The van der Waals surface area contributed by atoms with Gasteiger partial charge in [0, 0.05) is 4.47 Å². The van der Waals surface area contributed by atoms with Crippen molar-refractivity contribution in [3.63, 3.8) is 0 Å². The first-order chi connectivity index (χ1) is 11.6. The average Bonchev–Trinajstić information content (AvgIpc) is 3.03. The highest BCUT2D eigenvalue weighted by atomic mass is 79.9. The Hall–Kier alpha value is -1.44. The standard InChI is InChI=1S/C17H21BrN2O4/c1-11(2)16(23-13-5-3-12(18)4-6-13)17-19-15(24-20-17)9-14-10-21-7-8-22-14/h3-6,11,14,16H,7-10H2,1-2H3. The molecule has 0 amide bonds. The van der Waals surface area contributed by atoms with Crippen LogP contribution in [0, 0.1) is 5.92 Å². The van der Waals surface area contributed by atoms with Gasteiger partial charge in [0.1, 0.15) is 5.75 Å². The summed E-state index contributed by atoms with van der Waals surface area (Å²) in [4.78, 5) is 4.49. The van der Waals surface area contributed by atoms with Crippen molar-refractivity contribution in [1.82, 2.24) is 10.1 Å². The molecule has 2 unspecified atom stereocenters. The number of benzene rings is 1. The van der Waals surface area contributed by atoms with E-state index in [1.807, 2.05) is 24.3 Å². The van der Waals surface area contributed by atoms with E-state index in [-0.39, 0.29) is 18.1 Å². The predicted molar refractivity (Wildman–Crippen MR) is 90.9 cm³/mol. The second-order valence-electron chi connectivity index (χ2n) is 6.05. The van der Waals surface area contributed by atoms with Crippen LogP contribution in [-0.2, 0) is 15.9 Å². The van der Waals surface area contributed by atoms with Gasteiger partial charge in [-0.3, -0.25) is 0 Å². The minimum atomic E-state index is -0.271.